The summed E-state index contributed by atoms with van der Waals surface area (Å²) < 4.78 is 118. The first-order valence-corrected chi connectivity index (χ1v) is 19.1. The van der Waals surface area contributed by atoms with Gasteiger partial charge in [0.15, 0.2) is 8.07 Å². The summed E-state index contributed by atoms with van der Waals surface area (Å²) >= 11 is 0. The van der Waals surface area contributed by atoms with Crippen LogP contribution in [0.3, 0.4) is 0 Å². The van der Waals surface area contributed by atoms with E-state index < -0.39 is 56.4 Å². The molecule has 0 radical (unpaired) electrons. The Morgan fingerprint density at radius 1 is 0.442 bits per heavy atom. The highest BCUT2D eigenvalue weighted by Gasteiger charge is 2.46. The SMILES string of the molecule is [2H]c1c([2H])c([2H])c2c(c1[2H])-c1c([2H])c([2H])c([2H])c([2H])c1[Si](c1ccccc1)(c1ccccc1)c1c([2H])c([2H])c(-c3cc4c5c(c3)Oc3ccccc3B5c3ccccc3O4)c([2H])c1-2. The van der Waals surface area contributed by atoms with Gasteiger partial charge in [0.05, 0.1) is 15.1 Å². The van der Waals surface area contributed by atoms with E-state index in [0.717, 1.165) is 16.4 Å². The van der Waals surface area contributed by atoms with Crippen LogP contribution in [0, 0.1) is 0 Å². The monoisotopic (exact) mass is 689 g/mol. The molecule has 3 aliphatic heterocycles. The average Bonchev–Trinajstić information content (AvgIpc) is 3.43. The minimum Gasteiger partial charge on any atom is -0.458 e. The first-order chi connectivity index (χ1) is 30.4. The van der Waals surface area contributed by atoms with Crippen molar-refractivity contribution in [2.45, 2.75) is 0 Å². The molecule has 3 heterocycles. The molecule has 8 aromatic rings. The Balaban J connectivity index is 1.34. The lowest BCUT2D eigenvalue weighted by Crippen LogP contribution is -2.75. The summed E-state index contributed by atoms with van der Waals surface area (Å²) in [6, 6.07) is 31.4. The molecule has 3 aliphatic rings. The Labute approximate surface area is 320 Å². The van der Waals surface area contributed by atoms with E-state index in [1.165, 1.54) is 0 Å². The van der Waals surface area contributed by atoms with Gasteiger partial charge in [-0.15, -0.1) is 0 Å². The van der Waals surface area contributed by atoms with Crippen molar-refractivity contribution in [2.75, 3.05) is 0 Å². The molecule has 8 aromatic carbocycles. The number of hydrogen-bond acceptors (Lipinski definition) is 2. The summed E-state index contributed by atoms with van der Waals surface area (Å²) in [7, 11) is -4.36. The lowest BCUT2D eigenvalue weighted by Gasteiger charge is -2.36. The number of para-hydroxylation sites is 2. The van der Waals surface area contributed by atoms with Crippen molar-refractivity contribution in [2.24, 2.45) is 0 Å². The zero-order valence-corrected chi connectivity index (χ0v) is 28.4. The second kappa shape index (κ2) is 11.3. The molecule has 0 amide bonds. The molecule has 0 bridgehead atoms. The molecule has 11 rings (SSSR count). The molecular formula is C48H31BO2Si. The van der Waals surface area contributed by atoms with Crippen LogP contribution in [0.2, 0.25) is 0 Å². The summed E-state index contributed by atoms with van der Waals surface area (Å²) in [4.78, 5) is 0. The minimum atomic E-state index is -4.36. The van der Waals surface area contributed by atoms with E-state index in [1.807, 2.05) is 72.8 Å². The Morgan fingerprint density at radius 3 is 1.56 bits per heavy atom. The first kappa shape index (κ1) is 20.5. The second-order valence-corrected chi connectivity index (χ2v) is 16.7. The largest absolute Gasteiger partial charge is 0.458 e. The third-order valence-electron chi connectivity index (χ3n) is 10.4. The van der Waals surface area contributed by atoms with E-state index in [9.17, 15) is 9.60 Å². The minimum absolute atomic E-state index is 0.0211. The quantitative estimate of drug-likeness (QED) is 0.184. The molecule has 0 saturated heterocycles. The van der Waals surface area contributed by atoms with Gasteiger partial charge >= 0.3 is 0 Å². The van der Waals surface area contributed by atoms with E-state index in [1.54, 1.807) is 48.5 Å². The van der Waals surface area contributed by atoms with Gasteiger partial charge in [-0.05, 0) is 95.4 Å². The maximum absolute atomic E-state index is 10.4. The fourth-order valence-corrected chi connectivity index (χ4v) is 13.0. The Hall–Kier alpha value is -6.36. The lowest BCUT2D eigenvalue weighted by atomic mass is 9.35. The molecule has 0 aromatic heterocycles. The molecule has 0 aliphatic carbocycles. The fraction of sp³-hybridized carbons (Fsp3) is 0. The molecular weight excluding hydrogens is 647 g/mol. The zero-order valence-electron chi connectivity index (χ0n) is 38.4. The van der Waals surface area contributed by atoms with Crippen LogP contribution in [0.4, 0.5) is 0 Å². The van der Waals surface area contributed by atoms with Gasteiger partial charge in [0.1, 0.15) is 23.0 Å². The molecule has 0 fully saturated rings. The number of benzene rings is 8. The van der Waals surface area contributed by atoms with Crippen LogP contribution in [-0.4, -0.2) is 14.8 Å². The predicted molar refractivity (Wildman–Crippen MR) is 218 cm³/mol. The molecule has 0 atom stereocenters. The van der Waals surface area contributed by atoms with Crippen molar-refractivity contribution < 1.29 is 24.6 Å². The highest BCUT2D eigenvalue weighted by molar-refractivity contribution is 7.21. The maximum Gasteiger partial charge on any atom is 0.260 e. The van der Waals surface area contributed by atoms with Gasteiger partial charge in [0.25, 0.3) is 6.71 Å². The van der Waals surface area contributed by atoms with Crippen molar-refractivity contribution in [3.8, 4) is 56.4 Å². The van der Waals surface area contributed by atoms with Crippen molar-refractivity contribution in [3.05, 3.63) is 188 Å². The summed E-state index contributed by atoms with van der Waals surface area (Å²) in [5, 5.41) is 1.30. The van der Waals surface area contributed by atoms with Gasteiger partial charge < -0.3 is 9.47 Å². The van der Waals surface area contributed by atoms with Crippen molar-refractivity contribution in [1.82, 2.24) is 0 Å². The van der Waals surface area contributed by atoms with Gasteiger partial charge in [0, 0.05) is 5.46 Å². The van der Waals surface area contributed by atoms with Gasteiger partial charge in [-0.1, -0.05) is 157 Å². The second-order valence-electron chi connectivity index (χ2n) is 13.1. The van der Waals surface area contributed by atoms with Crippen LogP contribution in [0.25, 0.3) is 33.4 Å². The van der Waals surface area contributed by atoms with Crippen LogP contribution in [-0.2, 0) is 0 Å². The Kier molecular flexibility index (Phi) is 4.46. The molecule has 242 valence electrons. The molecule has 0 saturated carbocycles. The average molecular weight is 690 g/mol. The van der Waals surface area contributed by atoms with E-state index >= 15 is 0 Å². The molecule has 52 heavy (non-hydrogen) atoms. The third kappa shape index (κ3) is 4.13. The van der Waals surface area contributed by atoms with Gasteiger partial charge in [-0.25, -0.2) is 0 Å². The molecule has 4 heteroatoms. The maximum atomic E-state index is 10.4. The molecule has 0 unspecified atom stereocenters. The van der Waals surface area contributed by atoms with Crippen LogP contribution in [0.1, 0.15) is 15.1 Å². The predicted octanol–water partition coefficient (Wildman–Crippen LogP) is 7.11. The normalized spacial score (nSPS) is 16.8. The molecule has 0 N–H and O–H groups in total. The van der Waals surface area contributed by atoms with Gasteiger partial charge in [-0.2, -0.15) is 0 Å². The summed E-state index contributed by atoms with van der Waals surface area (Å²) in [6.07, 6.45) is 0. The lowest BCUT2D eigenvalue weighted by molar-refractivity contribution is 0.465. The third-order valence-corrected chi connectivity index (χ3v) is 15.1. The van der Waals surface area contributed by atoms with E-state index in [-0.39, 0.29) is 63.0 Å². The summed E-state index contributed by atoms with van der Waals surface area (Å²) in [6.45, 7) is -0.254. The number of rotatable bonds is 3. The van der Waals surface area contributed by atoms with Crippen LogP contribution < -0.4 is 46.6 Å². The fourth-order valence-electron chi connectivity index (χ4n) is 8.27. The zero-order chi connectivity index (χ0) is 43.8. The van der Waals surface area contributed by atoms with E-state index in [4.69, 9.17) is 15.0 Å². The van der Waals surface area contributed by atoms with Crippen LogP contribution in [0.5, 0.6) is 23.0 Å². The van der Waals surface area contributed by atoms with Crippen LogP contribution >= 0.6 is 0 Å². The van der Waals surface area contributed by atoms with Crippen molar-refractivity contribution >= 4 is 51.9 Å². The van der Waals surface area contributed by atoms with E-state index in [2.05, 4.69) is 0 Å². The molecule has 0 spiro atoms. The van der Waals surface area contributed by atoms with Gasteiger partial charge in [0.2, 0.25) is 0 Å². The number of hydrogen-bond donors (Lipinski definition) is 0. The number of ether oxygens (including phenoxy) is 2. The van der Waals surface area contributed by atoms with Crippen LogP contribution in [0.15, 0.2) is 188 Å². The smallest absolute Gasteiger partial charge is 0.260 e. The van der Waals surface area contributed by atoms with Gasteiger partial charge in [-0.3, -0.25) is 0 Å². The standard InChI is InChI=1S/C48H31BO2Si/c1-3-15-34(16-4-1)52(35-17-5-2-6-18-35)46-26-14-9-21-38(46)36-19-7-8-20-37(36)39-29-32(27-28-47(39)52)33-30-44-48-45(31-33)51-43-25-13-11-23-41(43)49(48)40-22-10-12-24-42(40)50-44/h1-31H/i7D,8D,9D,14D,19D,20D,21D,26D,27D,28D,29D. The van der Waals surface area contributed by atoms with Crippen molar-refractivity contribution in [3.63, 3.8) is 0 Å². The van der Waals surface area contributed by atoms with Crippen molar-refractivity contribution in [1.29, 1.82) is 0 Å². The Bertz CT molecular complexity index is 3220. The molecule has 2 nitrogen and oxygen atoms in total. The number of fused-ring (bicyclic) bond motifs is 9. The summed E-state index contributed by atoms with van der Waals surface area (Å²) in [5.74, 6) is 2.10. The topological polar surface area (TPSA) is 18.5 Å². The highest BCUT2D eigenvalue weighted by atomic mass is 28.3. The summed E-state index contributed by atoms with van der Waals surface area (Å²) in [5.41, 5.74) is 2.35. The Morgan fingerprint density at radius 2 is 0.942 bits per heavy atom. The first-order valence-electron chi connectivity index (χ1n) is 22.6. The van der Waals surface area contributed by atoms with E-state index in [0.29, 0.717) is 38.9 Å². The highest BCUT2D eigenvalue weighted by Crippen LogP contribution is 2.41.